The van der Waals surface area contributed by atoms with Gasteiger partial charge in [-0.1, -0.05) is 18.2 Å². The van der Waals surface area contributed by atoms with E-state index in [0.717, 1.165) is 30.0 Å². The Balaban J connectivity index is 1.35. The third-order valence-electron chi connectivity index (χ3n) is 4.64. The van der Waals surface area contributed by atoms with Crippen molar-refractivity contribution in [3.05, 3.63) is 60.3 Å². The number of carbonyl (C=O) groups excluding carboxylic acids is 1. The van der Waals surface area contributed by atoms with E-state index in [1.54, 1.807) is 6.33 Å². The number of carbonyl (C=O) groups is 1. The quantitative estimate of drug-likeness (QED) is 0.763. The summed E-state index contributed by atoms with van der Waals surface area (Å²) in [6.45, 7) is 3.30. The van der Waals surface area contributed by atoms with E-state index in [-0.39, 0.29) is 5.91 Å². The van der Waals surface area contributed by atoms with Gasteiger partial charge in [-0.25, -0.2) is 9.97 Å². The minimum Gasteiger partial charge on any atom is -0.367 e. The molecule has 27 heavy (non-hydrogen) atoms. The lowest BCUT2D eigenvalue weighted by Gasteiger charge is -2.32. The molecule has 0 bridgehead atoms. The van der Waals surface area contributed by atoms with Gasteiger partial charge in [-0.2, -0.15) is 9.90 Å². The van der Waals surface area contributed by atoms with Crippen LogP contribution in [0, 0.1) is 6.92 Å². The van der Waals surface area contributed by atoms with E-state index in [1.807, 2.05) is 48.2 Å². The molecule has 0 unspecified atom stereocenters. The van der Waals surface area contributed by atoms with Crippen LogP contribution in [0.3, 0.4) is 0 Å². The Bertz CT molecular complexity index is 917. The van der Waals surface area contributed by atoms with Gasteiger partial charge in [0.2, 0.25) is 0 Å². The highest BCUT2D eigenvalue weighted by atomic mass is 16.2. The van der Waals surface area contributed by atoms with E-state index in [9.17, 15) is 4.79 Å². The van der Waals surface area contributed by atoms with Crippen molar-refractivity contribution < 1.29 is 4.79 Å². The highest BCUT2D eigenvalue weighted by Crippen LogP contribution is 2.17. The lowest BCUT2D eigenvalue weighted by Crippen LogP contribution is -2.42. The van der Waals surface area contributed by atoms with Crippen molar-refractivity contribution in [3.63, 3.8) is 0 Å². The molecule has 138 valence electrons. The number of para-hydroxylation sites is 1. The zero-order valence-corrected chi connectivity index (χ0v) is 15.1. The molecule has 1 aromatic carbocycles. The molecule has 0 aliphatic carbocycles. The largest absolute Gasteiger partial charge is 0.367 e. The second kappa shape index (κ2) is 7.53. The Morgan fingerprint density at radius 1 is 1.15 bits per heavy atom. The van der Waals surface area contributed by atoms with Crippen LogP contribution >= 0.6 is 0 Å². The summed E-state index contributed by atoms with van der Waals surface area (Å²) >= 11 is 0. The highest BCUT2D eigenvalue weighted by molar-refractivity contribution is 5.92. The number of rotatable bonds is 4. The molecule has 1 aliphatic rings. The molecular formula is C19H21N7O. The molecular weight excluding hydrogens is 342 g/mol. The number of hydrogen-bond donors (Lipinski definition) is 1. The van der Waals surface area contributed by atoms with E-state index >= 15 is 0 Å². The molecule has 8 heteroatoms. The lowest BCUT2D eigenvalue weighted by molar-refractivity contribution is 0.0712. The minimum atomic E-state index is -0.0755. The Kier molecular flexibility index (Phi) is 4.78. The molecule has 0 spiro atoms. The molecule has 1 amide bonds. The van der Waals surface area contributed by atoms with E-state index < -0.39 is 0 Å². The molecule has 1 fully saturated rings. The number of anilines is 1. The predicted octanol–water partition coefficient (Wildman–Crippen LogP) is 2.08. The molecule has 0 saturated carbocycles. The second-order valence-electron chi connectivity index (χ2n) is 6.61. The van der Waals surface area contributed by atoms with Crippen molar-refractivity contribution in [1.29, 1.82) is 0 Å². The topological polar surface area (TPSA) is 88.8 Å². The Hall–Kier alpha value is -3.29. The molecule has 1 N–H and O–H groups in total. The van der Waals surface area contributed by atoms with Crippen LogP contribution in [0.1, 0.15) is 29.0 Å². The molecule has 1 saturated heterocycles. The first kappa shape index (κ1) is 17.1. The van der Waals surface area contributed by atoms with E-state index in [2.05, 4.69) is 25.5 Å². The summed E-state index contributed by atoms with van der Waals surface area (Å²) in [7, 11) is 0. The van der Waals surface area contributed by atoms with Crippen LogP contribution in [0.25, 0.3) is 5.69 Å². The van der Waals surface area contributed by atoms with E-state index in [0.29, 0.717) is 24.8 Å². The SMILES string of the molecule is Cc1cc(NC2CCN(C(=O)c3cnn(-c4ccccc4)n3)CC2)ncn1. The summed E-state index contributed by atoms with van der Waals surface area (Å²) in [6.07, 6.45) is 4.82. The Morgan fingerprint density at radius 3 is 2.67 bits per heavy atom. The zero-order chi connectivity index (χ0) is 18.6. The fourth-order valence-corrected chi connectivity index (χ4v) is 3.18. The molecule has 1 aliphatic heterocycles. The van der Waals surface area contributed by atoms with Gasteiger partial charge in [-0.3, -0.25) is 4.79 Å². The summed E-state index contributed by atoms with van der Waals surface area (Å²) in [5.41, 5.74) is 2.14. The van der Waals surface area contributed by atoms with Crippen LogP contribution in [0.5, 0.6) is 0 Å². The monoisotopic (exact) mass is 363 g/mol. The number of nitrogens with zero attached hydrogens (tertiary/aromatic N) is 6. The van der Waals surface area contributed by atoms with Gasteiger partial charge in [-0.15, -0.1) is 5.10 Å². The van der Waals surface area contributed by atoms with Crippen LogP contribution in [0.15, 0.2) is 48.9 Å². The molecule has 3 aromatic rings. The van der Waals surface area contributed by atoms with Crippen molar-refractivity contribution in [2.45, 2.75) is 25.8 Å². The number of nitrogens with one attached hydrogen (secondary N) is 1. The maximum absolute atomic E-state index is 12.7. The van der Waals surface area contributed by atoms with Crippen LogP contribution < -0.4 is 5.32 Å². The average molecular weight is 363 g/mol. The summed E-state index contributed by atoms with van der Waals surface area (Å²) in [6, 6.07) is 11.8. The first-order chi connectivity index (χ1) is 13.2. The lowest BCUT2D eigenvalue weighted by atomic mass is 10.0. The summed E-state index contributed by atoms with van der Waals surface area (Å²) in [5.74, 6) is 0.756. The van der Waals surface area contributed by atoms with Gasteiger partial charge in [0.05, 0.1) is 11.9 Å². The number of aryl methyl sites for hydroxylation is 1. The van der Waals surface area contributed by atoms with Gasteiger partial charge in [0.15, 0.2) is 5.69 Å². The van der Waals surface area contributed by atoms with Crippen molar-refractivity contribution in [2.24, 2.45) is 0 Å². The van der Waals surface area contributed by atoms with Crippen LogP contribution in [0.4, 0.5) is 5.82 Å². The first-order valence-corrected chi connectivity index (χ1v) is 9.01. The maximum Gasteiger partial charge on any atom is 0.276 e. The molecule has 8 nitrogen and oxygen atoms in total. The Morgan fingerprint density at radius 2 is 1.93 bits per heavy atom. The summed E-state index contributed by atoms with van der Waals surface area (Å²) < 4.78 is 0. The smallest absolute Gasteiger partial charge is 0.276 e. The zero-order valence-electron chi connectivity index (χ0n) is 15.1. The number of hydrogen-bond acceptors (Lipinski definition) is 6. The molecule has 0 atom stereocenters. The number of amides is 1. The van der Waals surface area contributed by atoms with Crippen LogP contribution in [-0.4, -0.2) is 54.9 Å². The number of aromatic nitrogens is 5. The van der Waals surface area contributed by atoms with Crippen LogP contribution in [-0.2, 0) is 0 Å². The second-order valence-corrected chi connectivity index (χ2v) is 6.61. The van der Waals surface area contributed by atoms with Gasteiger partial charge in [0.25, 0.3) is 5.91 Å². The highest BCUT2D eigenvalue weighted by Gasteiger charge is 2.25. The third-order valence-corrected chi connectivity index (χ3v) is 4.64. The van der Waals surface area contributed by atoms with Gasteiger partial charge < -0.3 is 10.2 Å². The van der Waals surface area contributed by atoms with E-state index in [4.69, 9.17) is 0 Å². The number of piperidine rings is 1. The van der Waals surface area contributed by atoms with Gasteiger partial charge >= 0.3 is 0 Å². The number of benzene rings is 1. The van der Waals surface area contributed by atoms with Crippen molar-refractivity contribution in [2.75, 3.05) is 18.4 Å². The first-order valence-electron chi connectivity index (χ1n) is 9.01. The van der Waals surface area contributed by atoms with Crippen molar-refractivity contribution in [1.82, 2.24) is 29.9 Å². The van der Waals surface area contributed by atoms with Gasteiger partial charge in [0, 0.05) is 30.9 Å². The molecule has 2 aromatic heterocycles. The van der Waals surface area contributed by atoms with Crippen molar-refractivity contribution >= 4 is 11.7 Å². The maximum atomic E-state index is 12.7. The number of likely N-dealkylation sites (tertiary alicyclic amines) is 1. The standard InChI is InChI=1S/C19H21N7O/c1-14-11-18(21-13-20-14)23-15-7-9-25(10-8-15)19(27)17-12-22-26(24-17)16-5-3-2-4-6-16/h2-6,11-13,15H,7-10H2,1H3,(H,20,21,23). The predicted molar refractivity (Wildman–Crippen MR) is 101 cm³/mol. The molecule has 0 radical (unpaired) electrons. The summed E-state index contributed by atoms with van der Waals surface area (Å²) in [4.78, 5) is 24.4. The fraction of sp³-hybridized carbons (Fsp3) is 0.316. The normalized spacial score (nSPS) is 14.9. The average Bonchev–Trinajstić information content (AvgIpc) is 3.19. The van der Waals surface area contributed by atoms with Gasteiger partial charge in [0.1, 0.15) is 12.1 Å². The third kappa shape index (κ3) is 3.94. The molecule has 3 heterocycles. The van der Waals surface area contributed by atoms with Crippen LogP contribution in [0.2, 0.25) is 0 Å². The van der Waals surface area contributed by atoms with Gasteiger partial charge in [-0.05, 0) is 31.9 Å². The minimum absolute atomic E-state index is 0.0755. The van der Waals surface area contributed by atoms with E-state index in [1.165, 1.54) is 11.0 Å². The van der Waals surface area contributed by atoms with Crippen molar-refractivity contribution in [3.8, 4) is 5.69 Å². The fourth-order valence-electron chi connectivity index (χ4n) is 3.18. The summed E-state index contributed by atoms with van der Waals surface area (Å²) in [5, 5.41) is 12.0. The Labute approximate surface area is 157 Å². The molecule has 4 rings (SSSR count).